The van der Waals surface area contributed by atoms with Crippen LogP contribution in [-0.4, -0.2) is 36.4 Å². The molecule has 0 bridgehead atoms. The second kappa shape index (κ2) is 14.0. The summed E-state index contributed by atoms with van der Waals surface area (Å²) in [6, 6.07) is 13.3. The fourth-order valence-corrected chi connectivity index (χ4v) is 5.16. The number of halogens is 6. The van der Waals surface area contributed by atoms with Crippen LogP contribution in [0.2, 0.25) is 20.1 Å². The van der Waals surface area contributed by atoms with Crippen LogP contribution in [0.4, 0.5) is 20.2 Å². The summed E-state index contributed by atoms with van der Waals surface area (Å²) in [6.45, 7) is -3.00. The smallest absolute Gasteiger partial charge is 0.311 e. The van der Waals surface area contributed by atoms with E-state index in [1.807, 2.05) is 0 Å². The maximum Gasteiger partial charge on any atom is 0.311 e. The lowest BCUT2D eigenvalue weighted by Gasteiger charge is -2.20. The highest BCUT2D eigenvalue weighted by Gasteiger charge is 2.30. The van der Waals surface area contributed by atoms with Gasteiger partial charge in [0.15, 0.2) is 0 Å². The van der Waals surface area contributed by atoms with Gasteiger partial charge in [0, 0.05) is 33.3 Å². The first-order valence-corrected chi connectivity index (χ1v) is 13.7. The molecule has 0 aliphatic carbocycles. The van der Waals surface area contributed by atoms with Crippen molar-refractivity contribution in [3.8, 4) is 45.3 Å². The van der Waals surface area contributed by atoms with Gasteiger partial charge in [0.25, 0.3) is 0 Å². The fraction of sp³-hybridized carbons (Fsp3) is 0.143. The van der Waals surface area contributed by atoms with E-state index in [9.17, 15) is 29.0 Å². The molecule has 4 rings (SSSR count). The Kier molecular flexibility index (Phi) is 10.5. The van der Waals surface area contributed by atoms with Crippen molar-refractivity contribution in [3.63, 3.8) is 0 Å². The topological polar surface area (TPSA) is 114 Å². The van der Waals surface area contributed by atoms with Gasteiger partial charge in [0.2, 0.25) is 11.5 Å². The van der Waals surface area contributed by atoms with Crippen LogP contribution >= 0.6 is 46.4 Å². The van der Waals surface area contributed by atoms with Crippen LogP contribution in [0.25, 0.3) is 22.3 Å². The van der Waals surface area contributed by atoms with Crippen LogP contribution < -0.4 is 14.2 Å². The van der Waals surface area contributed by atoms with Gasteiger partial charge in [-0.05, 0) is 36.4 Å². The van der Waals surface area contributed by atoms with Crippen molar-refractivity contribution in [1.29, 1.82) is 0 Å². The zero-order valence-electron chi connectivity index (χ0n) is 21.6. The lowest BCUT2D eigenvalue weighted by molar-refractivity contribution is -0.385. The van der Waals surface area contributed by atoms with Gasteiger partial charge in [-0.3, -0.25) is 20.2 Å². The summed E-state index contributed by atoms with van der Waals surface area (Å²) >= 11 is 25.1. The monoisotopic (exact) mass is 672 g/mol. The van der Waals surface area contributed by atoms with E-state index in [1.165, 1.54) is 48.5 Å². The normalized spacial score (nSPS) is 10.8. The SMILES string of the molecule is O=[N+]([O-])c1ccc(Oc2ccc([N+](=O)[O-])c(OCCF)c2-c2ccc(Cl)cc2Cl)c(-c2ccc(Cl)cc2Cl)c1OCCF. The molecule has 4 aromatic carbocycles. The van der Waals surface area contributed by atoms with Crippen LogP contribution in [0.1, 0.15) is 0 Å². The summed E-state index contributed by atoms with van der Waals surface area (Å²) in [5, 5.41) is 24.5. The van der Waals surface area contributed by atoms with E-state index in [0.717, 1.165) is 12.1 Å². The Morgan fingerprint density at radius 3 is 1.35 bits per heavy atom. The molecule has 0 aliphatic heterocycles. The Morgan fingerprint density at radius 1 is 0.628 bits per heavy atom. The molecule has 0 aromatic heterocycles. The predicted octanol–water partition coefficient (Wildman–Crippen LogP) is 9.94. The molecule has 43 heavy (non-hydrogen) atoms. The zero-order valence-corrected chi connectivity index (χ0v) is 24.6. The molecule has 0 heterocycles. The molecule has 15 heteroatoms. The Bertz CT molecular complexity index is 1590. The molecule has 0 radical (unpaired) electrons. The number of nitro benzene ring substituents is 2. The highest BCUT2D eigenvalue weighted by atomic mass is 35.5. The molecule has 0 saturated carbocycles. The van der Waals surface area contributed by atoms with E-state index in [-0.39, 0.29) is 65.3 Å². The maximum atomic E-state index is 13.2. The quantitative estimate of drug-likeness (QED) is 0.109. The van der Waals surface area contributed by atoms with Gasteiger partial charge in [-0.15, -0.1) is 0 Å². The summed E-state index contributed by atoms with van der Waals surface area (Å²) in [6.07, 6.45) is 0. The number of nitrogens with zero attached hydrogens (tertiary/aromatic N) is 2. The Labute approximate surface area is 262 Å². The van der Waals surface area contributed by atoms with Gasteiger partial charge in [-0.1, -0.05) is 58.5 Å². The minimum absolute atomic E-state index is 0.0398. The van der Waals surface area contributed by atoms with Crippen molar-refractivity contribution in [2.24, 2.45) is 0 Å². The van der Waals surface area contributed by atoms with Crippen molar-refractivity contribution in [2.45, 2.75) is 0 Å². The average Bonchev–Trinajstić information content (AvgIpc) is 2.95. The molecular weight excluding hydrogens is 656 g/mol. The first-order chi connectivity index (χ1) is 20.6. The van der Waals surface area contributed by atoms with Crippen LogP contribution in [-0.2, 0) is 0 Å². The number of nitro groups is 2. The molecule has 0 aliphatic rings. The van der Waals surface area contributed by atoms with Crippen molar-refractivity contribution in [1.82, 2.24) is 0 Å². The number of rotatable bonds is 12. The molecule has 0 spiro atoms. The molecular formula is C28H18Cl4F2N2O7. The van der Waals surface area contributed by atoms with Crippen LogP contribution in [0.3, 0.4) is 0 Å². The zero-order chi connectivity index (χ0) is 31.3. The van der Waals surface area contributed by atoms with Gasteiger partial charge < -0.3 is 14.2 Å². The van der Waals surface area contributed by atoms with Gasteiger partial charge in [-0.25, -0.2) is 8.78 Å². The third-order valence-corrected chi connectivity index (χ3v) is 6.95. The molecule has 0 N–H and O–H groups in total. The number of hydrogen-bond acceptors (Lipinski definition) is 7. The van der Waals surface area contributed by atoms with Gasteiger partial charge >= 0.3 is 11.4 Å². The summed E-state index contributed by atoms with van der Waals surface area (Å²) < 4.78 is 43.6. The van der Waals surface area contributed by atoms with E-state index in [2.05, 4.69) is 0 Å². The minimum atomic E-state index is -0.965. The van der Waals surface area contributed by atoms with Gasteiger partial charge in [-0.2, -0.15) is 0 Å². The lowest BCUT2D eigenvalue weighted by Crippen LogP contribution is -2.06. The third kappa shape index (κ3) is 7.02. The summed E-state index contributed by atoms with van der Waals surface area (Å²) in [7, 11) is 0. The number of hydrogen-bond donors (Lipinski definition) is 0. The summed E-state index contributed by atoms with van der Waals surface area (Å²) in [4.78, 5) is 22.4. The fourth-order valence-electron chi connectivity index (χ4n) is 4.15. The molecule has 9 nitrogen and oxygen atoms in total. The molecule has 0 fully saturated rings. The van der Waals surface area contributed by atoms with E-state index in [4.69, 9.17) is 60.6 Å². The summed E-state index contributed by atoms with van der Waals surface area (Å²) in [5.41, 5.74) is -0.748. The molecule has 224 valence electrons. The number of benzene rings is 4. The van der Waals surface area contributed by atoms with Crippen LogP contribution in [0.5, 0.6) is 23.0 Å². The van der Waals surface area contributed by atoms with Crippen molar-refractivity contribution >= 4 is 57.8 Å². The Hall–Kier alpha value is -3.90. The van der Waals surface area contributed by atoms with Crippen molar-refractivity contribution in [3.05, 3.63) is 101 Å². The van der Waals surface area contributed by atoms with Gasteiger partial charge in [0.1, 0.15) is 38.1 Å². The predicted molar refractivity (Wildman–Crippen MR) is 160 cm³/mol. The molecule has 0 unspecified atom stereocenters. The highest BCUT2D eigenvalue weighted by molar-refractivity contribution is 6.37. The molecule has 0 amide bonds. The standard InChI is InChI=1S/C28H18Cl4F2N2O7/c29-15-1-3-17(19(31)13-15)25-23(7-5-21(35(37)38)27(25)41-11-9-33)43-24-8-6-22(36(39)40)28(42-12-10-34)26(24)18-4-2-16(30)14-20(18)32/h1-8,13-14H,9-12H2. The Balaban J connectivity index is 2.06. The van der Waals surface area contributed by atoms with Crippen LogP contribution in [0, 0.1) is 20.2 Å². The average molecular weight is 674 g/mol. The lowest BCUT2D eigenvalue weighted by atomic mass is 10.0. The largest absolute Gasteiger partial charge is 0.484 e. The van der Waals surface area contributed by atoms with Crippen molar-refractivity contribution < 1.29 is 32.8 Å². The van der Waals surface area contributed by atoms with Crippen molar-refractivity contribution in [2.75, 3.05) is 26.6 Å². The minimum Gasteiger partial charge on any atom is -0.484 e. The van der Waals surface area contributed by atoms with E-state index < -0.39 is 47.8 Å². The summed E-state index contributed by atoms with van der Waals surface area (Å²) in [5.74, 6) is -0.877. The number of ether oxygens (including phenoxy) is 3. The maximum absolute atomic E-state index is 13.2. The first-order valence-electron chi connectivity index (χ1n) is 12.2. The second-order valence-corrected chi connectivity index (χ2v) is 10.2. The highest BCUT2D eigenvalue weighted by Crippen LogP contribution is 2.52. The first kappa shape index (κ1) is 32.0. The van der Waals surface area contributed by atoms with Crippen LogP contribution in [0.15, 0.2) is 60.7 Å². The Morgan fingerprint density at radius 2 is 1.02 bits per heavy atom. The third-order valence-electron chi connectivity index (χ3n) is 5.86. The van der Waals surface area contributed by atoms with E-state index in [0.29, 0.717) is 0 Å². The number of alkyl halides is 2. The van der Waals surface area contributed by atoms with Gasteiger partial charge in [0.05, 0.1) is 31.0 Å². The molecule has 0 saturated heterocycles. The second-order valence-electron chi connectivity index (χ2n) is 8.51. The molecule has 0 atom stereocenters. The molecule has 4 aromatic rings. The van der Waals surface area contributed by atoms with E-state index >= 15 is 0 Å². The van der Waals surface area contributed by atoms with E-state index in [1.54, 1.807) is 0 Å².